The molecule has 112 valence electrons. The number of carbonyl (C=O) groups is 1. The Labute approximate surface area is 121 Å². The van der Waals surface area contributed by atoms with E-state index in [-0.39, 0.29) is 11.2 Å². The zero-order chi connectivity index (χ0) is 14.6. The lowest BCUT2D eigenvalue weighted by Crippen LogP contribution is -2.42. The quantitative estimate of drug-likeness (QED) is 0.869. The second-order valence-corrected chi connectivity index (χ2v) is 6.30. The lowest BCUT2D eigenvalue weighted by atomic mass is 9.67. The molecule has 1 aromatic rings. The summed E-state index contributed by atoms with van der Waals surface area (Å²) < 4.78 is 2.09. The van der Waals surface area contributed by atoms with E-state index in [1.165, 1.54) is 0 Å². The minimum Gasteiger partial charge on any atom is -0.335 e. The molecule has 0 unspecified atom stereocenters. The molecule has 0 atom stereocenters. The van der Waals surface area contributed by atoms with Gasteiger partial charge >= 0.3 is 0 Å². The number of hydrogen-bond acceptors (Lipinski definition) is 3. The molecule has 0 radical (unpaired) electrons. The van der Waals surface area contributed by atoms with Crippen LogP contribution in [0.15, 0.2) is 12.4 Å². The molecule has 0 aliphatic heterocycles. The molecule has 1 aliphatic rings. The summed E-state index contributed by atoms with van der Waals surface area (Å²) in [6.07, 6.45) is 9.35. The van der Waals surface area contributed by atoms with Crippen LogP contribution in [0.1, 0.15) is 51.8 Å². The first-order valence-electron chi connectivity index (χ1n) is 7.84. The van der Waals surface area contributed by atoms with Gasteiger partial charge in [0.1, 0.15) is 11.6 Å². The highest BCUT2D eigenvalue weighted by Crippen LogP contribution is 2.39. The number of Topliss-reactive ketones (excluding diaryl/α,β-unsaturated/α-hetero) is 1. The van der Waals surface area contributed by atoms with Gasteiger partial charge in [0, 0.05) is 30.9 Å². The largest absolute Gasteiger partial charge is 0.335 e. The highest BCUT2D eigenvalue weighted by molar-refractivity contribution is 5.86. The number of hydrogen-bond donors (Lipinski definition) is 1. The van der Waals surface area contributed by atoms with E-state index in [0.717, 1.165) is 50.4 Å². The van der Waals surface area contributed by atoms with E-state index in [4.69, 9.17) is 5.73 Å². The number of carbonyl (C=O) groups excluding carboxylic acids is 1. The van der Waals surface area contributed by atoms with Crippen molar-refractivity contribution in [2.75, 3.05) is 6.54 Å². The summed E-state index contributed by atoms with van der Waals surface area (Å²) in [5, 5.41) is 0. The molecule has 0 amide bonds. The molecular weight excluding hydrogens is 250 g/mol. The second-order valence-electron chi connectivity index (χ2n) is 6.30. The van der Waals surface area contributed by atoms with Crippen molar-refractivity contribution in [3.8, 4) is 0 Å². The maximum atomic E-state index is 12.7. The van der Waals surface area contributed by atoms with Gasteiger partial charge in [-0.1, -0.05) is 13.8 Å². The molecule has 4 nitrogen and oxygen atoms in total. The van der Waals surface area contributed by atoms with Gasteiger partial charge in [-0.15, -0.1) is 0 Å². The Morgan fingerprint density at radius 2 is 2.20 bits per heavy atom. The third-order valence-corrected chi connectivity index (χ3v) is 4.80. The summed E-state index contributed by atoms with van der Waals surface area (Å²) in [4.78, 5) is 17.1. The summed E-state index contributed by atoms with van der Waals surface area (Å²) in [5.41, 5.74) is 5.67. The molecule has 1 heterocycles. The van der Waals surface area contributed by atoms with Crippen LogP contribution in [0, 0.1) is 11.3 Å². The summed E-state index contributed by atoms with van der Waals surface area (Å²) >= 11 is 0. The molecule has 0 saturated heterocycles. The summed E-state index contributed by atoms with van der Waals surface area (Å²) in [7, 11) is 0. The number of aryl methyl sites for hydroxylation is 1. The topological polar surface area (TPSA) is 60.9 Å². The second kappa shape index (κ2) is 6.53. The Hall–Kier alpha value is -1.16. The van der Waals surface area contributed by atoms with E-state index in [9.17, 15) is 4.79 Å². The van der Waals surface area contributed by atoms with Crippen LogP contribution in [0.3, 0.4) is 0 Å². The first-order valence-corrected chi connectivity index (χ1v) is 7.84. The van der Waals surface area contributed by atoms with E-state index in [1.54, 1.807) is 6.20 Å². The predicted octanol–water partition coefficient (Wildman–Crippen LogP) is 2.56. The molecule has 2 N–H and O–H groups in total. The lowest BCUT2D eigenvalue weighted by Gasteiger charge is -2.37. The number of aromatic nitrogens is 2. The maximum Gasteiger partial charge on any atom is 0.147 e. The predicted molar refractivity (Wildman–Crippen MR) is 80.3 cm³/mol. The van der Waals surface area contributed by atoms with E-state index in [2.05, 4.69) is 23.4 Å². The first kappa shape index (κ1) is 15.2. The molecule has 2 rings (SSSR count). The van der Waals surface area contributed by atoms with Crippen LogP contribution in [-0.4, -0.2) is 21.9 Å². The summed E-state index contributed by atoms with van der Waals surface area (Å²) in [5.74, 6) is 1.91. The number of imidazole rings is 1. The molecule has 1 fully saturated rings. The highest BCUT2D eigenvalue weighted by atomic mass is 16.1. The number of nitrogens with zero attached hydrogens (tertiary/aromatic N) is 2. The van der Waals surface area contributed by atoms with Gasteiger partial charge < -0.3 is 10.3 Å². The minimum atomic E-state index is -0.296. The Bertz CT molecular complexity index is 444. The third kappa shape index (κ3) is 3.11. The van der Waals surface area contributed by atoms with E-state index in [1.807, 2.05) is 6.20 Å². The Balaban J connectivity index is 2.07. The van der Waals surface area contributed by atoms with E-state index in [0.29, 0.717) is 13.0 Å². The smallest absolute Gasteiger partial charge is 0.147 e. The molecule has 20 heavy (non-hydrogen) atoms. The van der Waals surface area contributed by atoms with Crippen molar-refractivity contribution in [3.63, 3.8) is 0 Å². The van der Waals surface area contributed by atoms with Gasteiger partial charge in [0.15, 0.2) is 0 Å². The van der Waals surface area contributed by atoms with Crippen molar-refractivity contribution in [1.82, 2.24) is 9.55 Å². The third-order valence-electron chi connectivity index (χ3n) is 4.80. The molecule has 1 saturated carbocycles. The van der Waals surface area contributed by atoms with Crippen LogP contribution < -0.4 is 5.73 Å². The zero-order valence-electron chi connectivity index (χ0n) is 12.8. The van der Waals surface area contributed by atoms with Crippen LogP contribution in [0.5, 0.6) is 0 Å². The van der Waals surface area contributed by atoms with Crippen molar-refractivity contribution in [2.45, 2.75) is 58.9 Å². The van der Waals surface area contributed by atoms with E-state index < -0.39 is 0 Å². The van der Waals surface area contributed by atoms with Gasteiger partial charge in [-0.2, -0.15) is 0 Å². The van der Waals surface area contributed by atoms with Crippen LogP contribution in [0.25, 0.3) is 0 Å². The van der Waals surface area contributed by atoms with Gasteiger partial charge in [0.25, 0.3) is 0 Å². The lowest BCUT2D eigenvalue weighted by molar-refractivity contribution is -0.130. The van der Waals surface area contributed by atoms with Crippen molar-refractivity contribution >= 4 is 5.78 Å². The summed E-state index contributed by atoms with van der Waals surface area (Å²) in [6, 6.07) is 0. The normalized spacial score (nSPS) is 26.6. The summed E-state index contributed by atoms with van der Waals surface area (Å²) in [6.45, 7) is 5.80. The van der Waals surface area contributed by atoms with Crippen LogP contribution >= 0.6 is 0 Å². The Kier molecular flexibility index (Phi) is 4.97. The number of nitrogens with two attached hydrogens (primary N) is 1. The molecule has 0 aromatic carbocycles. The zero-order valence-corrected chi connectivity index (χ0v) is 12.8. The van der Waals surface area contributed by atoms with E-state index >= 15 is 0 Å². The molecule has 0 spiro atoms. The first-order chi connectivity index (χ1) is 9.61. The fourth-order valence-corrected chi connectivity index (χ4v) is 3.19. The standard InChI is InChI=1S/C16H27N3O/c1-3-9-19-10-8-18-15(19)11-14(20)16(12-17)6-4-13(2)5-7-16/h8,10,13H,3-7,9,11-12,17H2,1-2H3. The van der Waals surface area contributed by atoms with Crippen LogP contribution in [0.4, 0.5) is 0 Å². The SMILES string of the molecule is CCCn1ccnc1CC(=O)C1(CN)CCC(C)CC1. The average molecular weight is 277 g/mol. The van der Waals surface area contributed by atoms with Crippen LogP contribution in [-0.2, 0) is 17.8 Å². The Morgan fingerprint density at radius 3 is 2.80 bits per heavy atom. The number of ketones is 1. The maximum absolute atomic E-state index is 12.7. The van der Waals surface area contributed by atoms with Crippen molar-refractivity contribution in [2.24, 2.45) is 17.1 Å². The minimum absolute atomic E-state index is 0.287. The Morgan fingerprint density at radius 1 is 1.50 bits per heavy atom. The van der Waals surface area contributed by atoms with Crippen LogP contribution in [0.2, 0.25) is 0 Å². The molecular formula is C16H27N3O. The van der Waals surface area contributed by atoms with Gasteiger partial charge in [0.05, 0.1) is 6.42 Å². The molecule has 1 aliphatic carbocycles. The van der Waals surface area contributed by atoms with Gasteiger partial charge in [-0.3, -0.25) is 4.79 Å². The highest BCUT2D eigenvalue weighted by Gasteiger charge is 2.39. The molecule has 0 bridgehead atoms. The van der Waals surface area contributed by atoms with Gasteiger partial charge in [-0.05, 0) is 38.0 Å². The van der Waals surface area contributed by atoms with Crippen molar-refractivity contribution < 1.29 is 4.79 Å². The van der Waals surface area contributed by atoms with Crippen molar-refractivity contribution in [3.05, 3.63) is 18.2 Å². The molecule has 1 aromatic heterocycles. The number of rotatable bonds is 6. The van der Waals surface area contributed by atoms with Gasteiger partial charge in [0.2, 0.25) is 0 Å². The molecule has 4 heteroatoms. The average Bonchev–Trinajstić information content (AvgIpc) is 2.88. The fourth-order valence-electron chi connectivity index (χ4n) is 3.19. The van der Waals surface area contributed by atoms with Gasteiger partial charge in [-0.25, -0.2) is 4.98 Å². The van der Waals surface area contributed by atoms with Crippen molar-refractivity contribution in [1.29, 1.82) is 0 Å². The monoisotopic (exact) mass is 277 g/mol. The fraction of sp³-hybridized carbons (Fsp3) is 0.750.